The SMILES string of the molecule is C/N=C\c1ccc2oc3ccc(-c4cc(C#N)ccc4-n4c5ccccc5c5c6oc7ccccc7c6ccc54)cc3c2c1. The molecule has 9 rings (SSSR count). The minimum absolute atomic E-state index is 0.600. The Morgan fingerprint density at radius 1 is 0.659 bits per heavy atom. The molecule has 3 heterocycles. The Balaban J connectivity index is 1.36. The van der Waals surface area contributed by atoms with Crippen molar-refractivity contribution in [2.24, 2.45) is 4.99 Å². The fourth-order valence-corrected chi connectivity index (χ4v) is 6.72. The number of rotatable bonds is 3. The molecule has 0 aliphatic carbocycles. The van der Waals surface area contributed by atoms with Crippen molar-refractivity contribution < 1.29 is 8.83 Å². The van der Waals surface area contributed by atoms with E-state index >= 15 is 0 Å². The van der Waals surface area contributed by atoms with Gasteiger partial charge in [0, 0.05) is 45.8 Å². The lowest BCUT2D eigenvalue weighted by Crippen LogP contribution is -1.98. The number of furan rings is 2. The van der Waals surface area contributed by atoms with E-state index in [1.54, 1.807) is 7.05 Å². The zero-order chi connectivity index (χ0) is 29.4. The molecule has 6 aromatic carbocycles. The molecule has 3 aromatic heterocycles. The van der Waals surface area contributed by atoms with Crippen LogP contribution in [0.5, 0.6) is 0 Å². The molecular weight excluding hydrogens is 542 g/mol. The van der Waals surface area contributed by atoms with Crippen LogP contribution in [0, 0.1) is 11.3 Å². The summed E-state index contributed by atoms with van der Waals surface area (Å²) in [5.74, 6) is 0. The maximum Gasteiger partial charge on any atom is 0.145 e. The van der Waals surface area contributed by atoms with E-state index in [-0.39, 0.29) is 0 Å². The van der Waals surface area contributed by atoms with Crippen molar-refractivity contribution in [3.63, 3.8) is 0 Å². The Hall–Kier alpha value is -6.12. The van der Waals surface area contributed by atoms with Gasteiger partial charge in [-0.2, -0.15) is 5.26 Å². The molecule has 5 nitrogen and oxygen atoms in total. The average Bonchev–Trinajstić information content (AvgIpc) is 3.73. The highest BCUT2D eigenvalue weighted by atomic mass is 16.3. The summed E-state index contributed by atoms with van der Waals surface area (Å²) in [5.41, 5.74) is 10.1. The van der Waals surface area contributed by atoms with E-state index < -0.39 is 0 Å². The van der Waals surface area contributed by atoms with E-state index in [0.29, 0.717) is 5.56 Å². The number of para-hydroxylation sites is 2. The minimum atomic E-state index is 0.600. The molecule has 44 heavy (non-hydrogen) atoms. The number of fused-ring (bicyclic) bond motifs is 10. The maximum absolute atomic E-state index is 9.93. The molecule has 0 aliphatic rings. The molecule has 9 aromatic rings. The number of benzene rings is 6. The van der Waals surface area contributed by atoms with Crippen LogP contribution in [0.2, 0.25) is 0 Å². The zero-order valence-corrected chi connectivity index (χ0v) is 23.7. The Morgan fingerprint density at radius 2 is 1.43 bits per heavy atom. The van der Waals surface area contributed by atoms with E-state index in [1.807, 2.05) is 54.7 Å². The largest absolute Gasteiger partial charge is 0.456 e. The Bertz CT molecular complexity index is 2700. The van der Waals surface area contributed by atoms with Gasteiger partial charge in [0.05, 0.1) is 33.7 Å². The van der Waals surface area contributed by atoms with Crippen molar-refractivity contribution in [1.29, 1.82) is 5.26 Å². The van der Waals surface area contributed by atoms with Gasteiger partial charge in [-0.15, -0.1) is 0 Å². The first kappa shape index (κ1) is 24.5. The van der Waals surface area contributed by atoms with Gasteiger partial charge in [0.2, 0.25) is 0 Å². The van der Waals surface area contributed by atoms with Gasteiger partial charge in [0.1, 0.15) is 22.3 Å². The molecule has 0 N–H and O–H groups in total. The highest BCUT2D eigenvalue weighted by Crippen LogP contribution is 2.43. The van der Waals surface area contributed by atoms with Crippen molar-refractivity contribution in [3.8, 4) is 22.9 Å². The third-order valence-electron chi connectivity index (χ3n) is 8.63. The molecule has 0 saturated heterocycles. The fraction of sp³-hybridized carbons (Fsp3) is 0.0256. The van der Waals surface area contributed by atoms with E-state index in [4.69, 9.17) is 8.83 Å². The van der Waals surface area contributed by atoms with Crippen LogP contribution in [-0.4, -0.2) is 17.8 Å². The smallest absolute Gasteiger partial charge is 0.145 e. The molecule has 0 amide bonds. The predicted octanol–water partition coefficient (Wildman–Crippen LogP) is 10.2. The van der Waals surface area contributed by atoms with Crippen molar-refractivity contribution in [3.05, 3.63) is 126 Å². The number of hydrogen-bond donors (Lipinski definition) is 0. The van der Waals surface area contributed by atoms with Crippen LogP contribution >= 0.6 is 0 Å². The summed E-state index contributed by atoms with van der Waals surface area (Å²) in [5, 5.41) is 16.4. The van der Waals surface area contributed by atoms with E-state index in [0.717, 1.165) is 88.1 Å². The maximum atomic E-state index is 9.93. The van der Waals surface area contributed by atoms with Crippen LogP contribution < -0.4 is 0 Å². The monoisotopic (exact) mass is 565 g/mol. The predicted molar refractivity (Wildman–Crippen MR) is 179 cm³/mol. The van der Waals surface area contributed by atoms with Gasteiger partial charge in [-0.05, 0) is 83.9 Å². The summed E-state index contributed by atoms with van der Waals surface area (Å²) in [7, 11) is 1.77. The fourth-order valence-electron chi connectivity index (χ4n) is 6.72. The Kier molecular flexibility index (Phi) is 5.11. The number of nitrogens with zero attached hydrogens (tertiary/aromatic N) is 3. The van der Waals surface area contributed by atoms with Gasteiger partial charge in [0.15, 0.2) is 0 Å². The zero-order valence-electron chi connectivity index (χ0n) is 23.7. The standard InChI is InChI=1S/C39H23N3O2/c1-41-22-24-11-16-36-30(19-24)31-20-25(12-17-37(31)43-36)29-18-23(21-40)10-14-33(29)42-32-8-4-2-7-28(32)38-34(42)15-13-27-26-6-3-5-9-35(26)44-39(27)38/h2-20,22H,1H3/b41-22-. The second-order valence-electron chi connectivity index (χ2n) is 11.1. The van der Waals surface area contributed by atoms with Crippen molar-refractivity contribution >= 4 is 71.9 Å². The highest BCUT2D eigenvalue weighted by Gasteiger charge is 2.21. The van der Waals surface area contributed by atoms with Crippen LogP contribution in [0.4, 0.5) is 0 Å². The van der Waals surface area contributed by atoms with E-state index in [2.05, 4.69) is 82.4 Å². The summed E-state index contributed by atoms with van der Waals surface area (Å²) in [6.45, 7) is 0. The molecular formula is C39H23N3O2. The number of nitriles is 1. The van der Waals surface area contributed by atoms with Crippen LogP contribution in [0.25, 0.3) is 82.5 Å². The number of aliphatic imine (C=N–C) groups is 1. The second-order valence-corrected chi connectivity index (χ2v) is 11.1. The molecule has 0 spiro atoms. The van der Waals surface area contributed by atoms with E-state index in [1.165, 1.54) is 0 Å². The van der Waals surface area contributed by atoms with Gasteiger partial charge in [-0.3, -0.25) is 4.99 Å². The highest BCUT2D eigenvalue weighted by molar-refractivity contribution is 6.24. The molecule has 5 heteroatoms. The van der Waals surface area contributed by atoms with Gasteiger partial charge in [-0.1, -0.05) is 42.5 Å². The van der Waals surface area contributed by atoms with Crippen LogP contribution in [0.15, 0.2) is 129 Å². The molecule has 0 unspecified atom stereocenters. The first-order valence-corrected chi connectivity index (χ1v) is 14.5. The average molecular weight is 566 g/mol. The van der Waals surface area contributed by atoms with Crippen molar-refractivity contribution in [1.82, 2.24) is 4.57 Å². The summed E-state index contributed by atoms with van der Waals surface area (Å²) in [6.07, 6.45) is 1.85. The summed E-state index contributed by atoms with van der Waals surface area (Å²) < 4.78 is 15.0. The van der Waals surface area contributed by atoms with Crippen molar-refractivity contribution in [2.75, 3.05) is 7.05 Å². The lowest BCUT2D eigenvalue weighted by Gasteiger charge is -2.15. The lowest BCUT2D eigenvalue weighted by atomic mass is 9.98. The van der Waals surface area contributed by atoms with Crippen LogP contribution in [0.1, 0.15) is 11.1 Å². The third-order valence-corrected chi connectivity index (χ3v) is 8.63. The third kappa shape index (κ3) is 3.43. The first-order chi connectivity index (χ1) is 21.7. The quantitative estimate of drug-likeness (QED) is 0.200. The van der Waals surface area contributed by atoms with Crippen LogP contribution in [-0.2, 0) is 0 Å². The normalized spacial score (nSPS) is 12.1. The molecule has 206 valence electrons. The Morgan fingerprint density at radius 3 is 2.30 bits per heavy atom. The topological polar surface area (TPSA) is 67.4 Å². The van der Waals surface area contributed by atoms with Crippen molar-refractivity contribution in [2.45, 2.75) is 0 Å². The molecule has 0 atom stereocenters. The molecule has 0 bridgehead atoms. The number of aromatic nitrogens is 1. The summed E-state index contributed by atoms with van der Waals surface area (Å²) in [6, 6.07) is 41.6. The molecule has 0 fully saturated rings. The van der Waals surface area contributed by atoms with Gasteiger partial charge < -0.3 is 13.4 Å². The molecule has 0 aliphatic heterocycles. The Labute approximate surface area is 251 Å². The second kappa shape index (κ2) is 9.19. The lowest BCUT2D eigenvalue weighted by molar-refractivity contribution is 0.669. The van der Waals surface area contributed by atoms with Crippen LogP contribution in [0.3, 0.4) is 0 Å². The first-order valence-electron chi connectivity index (χ1n) is 14.5. The molecule has 0 saturated carbocycles. The van der Waals surface area contributed by atoms with Gasteiger partial charge in [-0.25, -0.2) is 0 Å². The number of hydrogen-bond acceptors (Lipinski definition) is 4. The van der Waals surface area contributed by atoms with Gasteiger partial charge in [0.25, 0.3) is 0 Å². The van der Waals surface area contributed by atoms with Gasteiger partial charge >= 0.3 is 0 Å². The summed E-state index contributed by atoms with van der Waals surface area (Å²) in [4.78, 5) is 4.19. The van der Waals surface area contributed by atoms with E-state index in [9.17, 15) is 5.26 Å². The minimum Gasteiger partial charge on any atom is -0.456 e. The summed E-state index contributed by atoms with van der Waals surface area (Å²) >= 11 is 0. The molecule has 0 radical (unpaired) electrons.